The summed E-state index contributed by atoms with van der Waals surface area (Å²) in [5.74, 6) is -0.106. The van der Waals surface area contributed by atoms with Crippen LogP contribution < -0.4 is 14.8 Å². The van der Waals surface area contributed by atoms with Gasteiger partial charge in [0, 0.05) is 11.0 Å². The maximum atomic E-state index is 12.6. The van der Waals surface area contributed by atoms with Gasteiger partial charge in [0.25, 0.3) is 11.6 Å². The Balaban J connectivity index is 2.46. The Kier molecular flexibility index (Phi) is 6.24. The number of amides is 1. The van der Waals surface area contributed by atoms with Gasteiger partial charge in [-0.2, -0.15) is 0 Å². The fraction of sp³-hybridized carbons (Fsp3) is 0.235. The topological polar surface area (TPSA) is 90.7 Å². The van der Waals surface area contributed by atoms with Crippen molar-refractivity contribution in [1.82, 2.24) is 0 Å². The van der Waals surface area contributed by atoms with Gasteiger partial charge in [-0.1, -0.05) is 12.1 Å². The minimum Gasteiger partial charge on any atom is -0.493 e. The summed E-state index contributed by atoms with van der Waals surface area (Å²) >= 11 is 1.47. The Morgan fingerprint density at radius 1 is 1.28 bits per heavy atom. The molecule has 0 heterocycles. The fourth-order valence-electron chi connectivity index (χ4n) is 2.25. The zero-order valence-electron chi connectivity index (χ0n) is 14.1. The van der Waals surface area contributed by atoms with Crippen LogP contribution in [0.5, 0.6) is 11.5 Å². The number of nitrogens with zero attached hydrogens (tertiary/aromatic N) is 1. The van der Waals surface area contributed by atoms with Crippen molar-refractivity contribution in [2.45, 2.75) is 11.8 Å². The zero-order chi connectivity index (χ0) is 18.4. The van der Waals surface area contributed by atoms with E-state index in [2.05, 4.69) is 5.32 Å². The molecule has 132 valence electrons. The Morgan fingerprint density at radius 2 is 2.00 bits per heavy atom. The van der Waals surface area contributed by atoms with Crippen LogP contribution in [0.25, 0.3) is 0 Å². The molecule has 0 aliphatic rings. The van der Waals surface area contributed by atoms with E-state index in [0.29, 0.717) is 12.3 Å². The quantitative estimate of drug-likeness (QED) is 0.455. The molecule has 0 saturated carbocycles. The highest BCUT2D eigenvalue weighted by atomic mass is 32.2. The highest BCUT2D eigenvalue weighted by Crippen LogP contribution is 2.35. The van der Waals surface area contributed by atoms with Crippen molar-refractivity contribution in [2.75, 3.05) is 25.3 Å². The second-order valence-corrected chi connectivity index (χ2v) is 5.71. The average Bonchev–Trinajstić information content (AvgIpc) is 2.61. The molecule has 0 fully saturated rings. The molecule has 25 heavy (non-hydrogen) atoms. The Bertz CT molecular complexity index is 795. The summed E-state index contributed by atoms with van der Waals surface area (Å²) < 4.78 is 10.5. The van der Waals surface area contributed by atoms with Gasteiger partial charge in [0.15, 0.2) is 11.5 Å². The summed E-state index contributed by atoms with van der Waals surface area (Å²) in [7, 11) is 1.38. The van der Waals surface area contributed by atoms with Crippen molar-refractivity contribution in [1.29, 1.82) is 0 Å². The predicted octanol–water partition coefficient (Wildman–Crippen LogP) is 3.98. The highest BCUT2D eigenvalue weighted by molar-refractivity contribution is 7.98. The number of nitro groups is 1. The molecule has 0 saturated heterocycles. The van der Waals surface area contributed by atoms with Gasteiger partial charge in [0.05, 0.1) is 30.4 Å². The molecular formula is C17H18N2O5S. The third-order valence-corrected chi connectivity index (χ3v) is 4.17. The largest absolute Gasteiger partial charge is 0.493 e. The summed E-state index contributed by atoms with van der Waals surface area (Å²) in [5, 5.41) is 14.1. The first-order valence-corrected chi connectivity index (χ1v) is 8.67. The minimum atomic E-state index is -0.617. The smallest absolute Gasteiger partial charge is 0.286 e. The van der Waals surface area contributed by atoms with Crippen LogP contribution >= 0.6 is 11.8 Å². The Hall–Kier alpha value is -2.74. The van der Waals surface area contributed by atoms with Gasteiger partial charge in [-0.3, -0.25) is 14.9 Å². The Labute approximate surface area is 149 Å². The number of rotatable bonds is 7. The molecule has 0 unspecified atom stereocenters. The number of hydrogen-bond donors (Lipinski definition) is 1. The number of nitro benzene ring substituents is 1. The maximum absolute atomic E-state index is 12.6. The molecule has 0 aromatic heterocycles. The van der Waals surface area contributed by atoms with Gasteiger partial charge in [0.1, 0.15) is 5.56 Å². The molecule has 0 aliphatic carbocycles. The molecule has 0 atom stereocenters. The van der Waals surface area contributed by atoms with E-state index in [0.717, 1.165) is 4.90 Å². The SMILES string of the molecule is CCOc1cc(C(=O)Nc2ccccc2SC)c([N+](=O)[O-])cc1OC. The molecule has 1 amide bonds. The van der Waals surface area contributed by atoms with Gasteiger partial charge < -0.3 is 14.8 Å². The van der Waals surface area contributed by atoms with Crippen LogP contribution in [0.1, 0.15) is 17.3 Å². The molecule has 1 N–H and O–H groups in total. The van der Waals surface area contributed by atoms with Crippen molar-refractivity contribution in [3.05, 3.63) is 52.1 Å². The van der Waals surface area contributed by atoms with Crippen molar-refractivity contribution in [2.24, 2.45) is 0 Å². The van der Waals surface area contributed by atoms with E-state index in [4.69, 9.17) is 9.47 Å². The lowest BCUT2D eigenvalue weighted by atomic mass is 10.1. The van der Waals surface area contributed by atoms with Crippen LogP contribution in [0.2, 0.25) is 0 Å². The summed E-state index contributed by atoms with van der Waals surface area (Å²) in [4.78, 5) is 24.2. The van der Waals surface area contributed by atoms with E-state index in [9.17, 15) is 14.9 Å². The number of benzene rings is 2. The first-order chi connectivity index (χ1) is 12.0. The number of nitrogens with one attached hydrogen (secondary N) is 1. The standard InChI is InChI=1S/C17H18N2O5S/c1-4-24-15-9-11(13(19(21)22)10-14(15)23-2)17(20)18-12-7-5-6-8-16(12)25-3/h5-10H,4H2,1-3H3,(H,18,20). The molecule has 8 heteroatoms. The fourth-order valence-corrected chi connectivity index (χ4v) is 2.80. The number of methoxy groups -OCH3 is 1. The molecule has 2 aromatic carbocycles. The molecule has 0 spiro atoms. The molecule has 2 rings (SSSR count). The molecule has 0 radical (unpaired) electrons. The lowest BCUT2D eigenvalue weighted by Gasteiger charge is -2.13. The van der Waals surface area contributed by atoms with Crippen LogP contribution in [0.3, 0.4) is 0 Å². The summed E-state index contributed by atoms with van der Waals surface area (Å²) in [6.07, 6.45) is 1.88. The first-order valence-electron chi connectivity index (χ1n) is 7.45. The second-order valence-electron chi connectivity index (χ2n) is 4.86. The van der Waals surface area contributed by atoms with Gasteiger partial charge in [-0.25, -0.2) is 0 Å². The summed E-state index contributed by atoms with van der Waals surface area (Å²) in [6, 6.07) is 9.75. The van der Waals surface area contributed by atoms with E-state index in [1.165, 1.54) is 31.0 Å². The number of carbonyl (C=O) groups excluding carboxylic acids is 1. The van der Waals surface area contributed by atoms with Crippen molar-refractivity contribution >= 4 is 29.0 Å². The first kappa shape index (κ1) is 18.6. The van der Waals surface area contributed by atoms with Crippen molar-refractivity contribution < 1.29 is 19.2 Å². The normalized spacial score (nSPS) is 10.2. The molecular weight excluding hydrogens is 344 g/mol. The summed E-state index contributed by atoms with van der Waals surface area (Å²) in [5.41, 5.74) is 0.146. The number of thioether (sulfide) groups is 1. The number of ether oxygens (including phenoxy) is 2. The van der Waals surface area contributed by atoms with E-state index in [1.54, 1.807) is 19.1 Å². The third-order valence-electron chi connectivity index (χ3n) is 3.38. The van der Waals surface area contributed by atoms with Crippen LogP contribution in [0, 0.1) is 10.1 Å². The highest BCUT2D eigenvalue weighted by Gasteiger charge is 2.25. The molecule has 7 nitrogen and oxygen atoms in total. The second kappa shape index (κ2) is 8.39. The van der Waals surface area contributed by atoms with Crippen molar-refractivity contribution in [3.63, 3.8) is 0 Å². The number of anilines is 1. The Morgan fingerprint density at radius 3 is 2.60 bits per heavy atom. The van der Waals surface area contributed by atoms with Gasteiger partial charge >= 0.3 is 0 Å². The van der Waals surface area contributed by atoms with Gasteiger partial charge in [-0.15, -0.1) is 11.8 Å². The van der Waals surface area contributed by atoms with Crippen LogP contribution in [-0.4, -0.2) is 30.8 Å². The van der Waals surface area contributed by atoms with Crippen LogP contribution in [0.15, 0.2) is 41.3 Å². The van der Waals surface area contributed by atoms with Crippen molar-refractivity contribution in [3.8, 4) is 11.5 Å². The zero-order valence-corrected chi connectivity index (χ0v) is 14.9. The average molecular weight is 362 g/mol. The number of hydrogen-bond acceptors (Lipinski definition) is 6. The van der Waals surface area contributed by atoms with E-state index < -0.39 is 10.8 Å². The lowest BCUT2D eigenvalue weighted by molar-refractivity contribution is -0.385. The molecule has 0 aliphatic heterocycles. The summed E-state index contributed by atoms with van der Waals surface area (Å²) in [6.45, 7) is 2.11. The van der Waals surface area contributed by atoms with E-state index in [-0.39, 0.29) is 22.7 Å². The third kappa shape index (κ3) is 4.21. The van der Waals surface area contributed by atoms with Crippen LogP contribution in [-0.2, 0) is 0 Å². The lowest BCUT2D eigenvalue weighted by Crippen LogP contribution is -2.15. The van der Waals surface area contributed by atoms with Gasteiger partial charge in [-0.05, 0) is 25.3 Å². The molecule has 2 aromatic rings. The minimum absolute atomic E-state index is 0.0924. The molecule has 0 bridgehead atoms. The number of carbonyl (C=O) groups is 1. The van der Waals surface area contributed by atoms with E-state index >= 15 is 0 Å². The maximum Gasteiger partial charge on any atom is 0.286 e. The monoisotopic (exact) mass is 362 g/mol. The predicted molar refractivity (Wildman–Crippen MR) is 97.0 cm³/mol. The number of para-hydroxylation sites is 1. The van der Waals surface area contributed by atoms with Crippen LogP contribution in [0.4, 0.5) is 11.4 Å². The van der Waals surface area contributed by atoms with Gasteiger partial charge in [0.2, 0.25) is 0 Å². The van der Waals surface area contributed by atoms with E-state index in [1.807, 2.05) is 18.4 Å².